The number of sulfone groups is 1. The minimum Gasteiger partial charge on any atom is -0.465 e. The zero-order chi connectivity index (χ0) is 19.5. The Morgan fingerprint density at radius 3 is 2.81 bits per heavy atom. The van der Waals surface area contributed by atoms with Gasteiger partial charge >= 0.3 is 6.09 Å². The van der Waals surface area contributed by atoms with Crippen LogP contribution in [-0.2, 0) is 16.9 Å². The number of nitrogens with zero attached hydrogens (tertiary/aromatic N) is 2. The van der Waals surface area contributed by atoms with Crippen molar-refractivity contribution in [2.75, 3.05) is 18.6 Å². The molecule has 1 atom stereocenters. The number of rotatable bonds is 2. The third kappa shape index (κ3) is 2.78. The molecule has 0 bridgehead atoms. The molecule has 0 saturated heterocycles. The van der Waals surface area contributed by atoms with E-state index >= 15 is 0 Å². The summed E-state index contributed by atoms with van der Waals surface area (Å²) in [4.78, 5) is 25.8. The van der Waals surface area contributed by atoms with Crippen molar-refractivity contribution in [3.63, 3.8) is 0 Å². The largest absolute Gasteiger partial charge is 0.465 e. The van der Waals surface area contributed by atoms with Crippen molar-refractivity contribution in [3.05, 3.63) is 57.2 Å². The Labute approximate surface area is 156 Å². The van der Waals surface area contributed by atoms with Crippen LogP contribution in [-0.4, -0.2) is 53.7 Å². The normalized spacial score (nSPS) is 21.0. The Bertz CT molecular complexity index is 1120. The number of pyridine rings is 1. The van der Waals surface area contributed by atoms with Crippen LogP contribution in [0.2, 0.25) is 0 Å². The molecule has 1 aromatic rings. The van der Waals surface area contributed by atoms with Gasteiger partial charge in [-0.15, -0.1) is 0 Å². The predicted molar refractivity (Wildman–Crippen MR) is 101 cm³/mol. The number of allylic oxidation sites excluding steroid dienone is 1. The summed E-state index contributed by atoms with van der Waals surface area (Å²) in [6.07, 6.45) is 5.47. The van der Waals surface area contributed by atoms with Crippen molar-refractivity contribution in [2.24, 2.45) is 7.05 Å². The molecule has 27 heavy (non-hydrogen) atoms. The van der Waals surface area contributed by atoms with Crippen molar-refractivity contribution in [1.29, 1.82) is 0 Å². The summed E-state index contributed by atoms with van der Waals surface area (Å²) in [7, 11) is -1.73. The van der Waals surface area contributed by atoms with E-state index in [0.717, 1.165) is 11.8 Å². The van der Waals surface area contributed by atoms with Gasteiger partial charge in [-0.3, -0.25) is 9.69 Å². The number of nitrogens with one attached hydrogen (secondary N) is 1. The number of amides is 1. The number of carboxylic acid groups (broad SMARTS) is 1. The summed E-state index contributed by atoms with van der Waals surface area (Å²) in [5, 5.41) is 12.8. The number of carbonyl (C=O) groups is 1. The van der Waals surface area contributed by atoms with Crippen LogP contribution in [0.4, 0.5) is 4.79 Å². The minimum atomic E-state index is -3.36. The fourth-order valence-corrected chi connectivity index (χ4v) is 4.80. The lowest BCUT2D eigenvalue weighted by atomic mass is 9.92. The molecule has 2 N–H and O–H groups in total. The van der Waals surface area contributed by atoms with E-state index in [0.29, 0.717) is 40.9 Å². The Balaban J connectivity index is 2.06. The fraction of sp³-hybridized carbons (Fsp3) is 0.333. The van der Waals surface area contributed by atoms with Gasteiger partial charge in [-0.1, -0.05) is 0 Å². The fourth-order valence-electron chi connectivity index (χ4n) is 4.00. The first-order valence-electron chi connectivity index (χ1n) is 8.47. The van der Waals surface area contributed by atoms with Crippen molar-refractivity contribution in [1.82, 2.24) is 14.8 Å². The van der Waals surface area contributed by atoms with E-state index < -0.39 is 15.9 Å². The summed E-state index contributed by atoms with van der Waals surface area (Å²) in [6, 6.07) is 1.35. The minimum absolute atomic E-state index is 0.233. The maximum absolute atomic E-state index is 12.9. The first-order valence-corrected chi connectivity index (χ1v) is 10.5. The van der Waals surface area contributed by atoms with Gasteiger partial charge in [0.05, 0.1) is 23.1 Å². The van der Waals surface area contributed by atoms with Crippen LogP contribution in [0.15, 0.2) is 40.5 Å². The van der Waals surface area contributed by atoms with Crippen LogP contribution in [0.25, 0.3) is 11.3 Å². The molecule has 1 aliphatic carbocycles. The Morgan fingerprint density at radius 1 is 1.41 bits per heavy atom. The van der Waals surface area contributed by atoms with Gasteiger partial charge in [0.15, 0.2) is 9.84 Å². The van der Waals surface area contributed by atoms with E-state index in [1.807, 2.05) is 0 Å². The van der Waals surface area contributed by atoms with Crippen LogP contribution < -0.4 is 10.9 Å². The molecule has 0 radical (unpaired) electrons. The van der Waals surface area contributed by atoms with E-state index in [2.05, 4.69) is 5.32 Å². The number of fused-ring (bicyclic) bond motifs is 2. The van der Waals surface area contributed by atoms with Gasteiger partial charge < -0.3 is 15.0 Å². The molecule has 1 amide bonds. The molecule has 1 aromatic heterocycles. The number of aromatic nitrogens is 1. The lowest BCUT2D eigenvalue weighted by Gasteiger charge is -2.29. The number of hydrogen-bond donors (Lipinski definition) is 2. The Hall–Kier alpha value is -2.81. The van der Waals surface area contributed by atoms with E-state index in [1.165, 1.54) is 15.7 Å². The molecule has 0 aromatic carbocycles. The van der Waals surface area contributed by atoms with E-state index in [9.17, 15) is 23.1 Å². The van der Waals surface area contributed by atoms with Crippen molar-refractivity contribution >= 4 is 27.2 Å². The second-order valence-corrected chi connectivity index (χ2v) is 9.19. The number of aryl methyl sites for hydroxylation is 1. The maximum atomic E-state index is 12.9. The Kier molecular flexibility index (Phi) is 3.81. The summed E-state index contributed by atoms with van der Waals surface area (Å²) in [5.41, 5.74) is 3.15. The molecule has 1 unspecified atom stereocenters. The average molecular weight is 389 g/mol. The zero-order valence-electron chi connectivity index (χ0n) is 14.9. The van der Waals surface area contributed by atoms with Gasteiger partial charge in [0, 0.05) is 37.8 Å². The second kappa shape index (κ2) is 5.85. The molecule has 9 heteroatoms. The van der Waals surface area contributed by atoms with Gasteiger partial charge in [-0.25, -0.2) is 13.2 Å². The molecule has 0 saturated carbocycles. The smallest absolute Gasteiger partial charge is 0.411 e. The maximum Gasteiger partial charge on any atom is 0.411 e. The van der Waals surface area contributed by atoms with Gasteiger partial charge in [-0.05, 0) is 35.3 Å². The Morgan fingerprint density at radius 2 is 2.15 bits per heavy atom. The highest BCUT2D eigenvalue weighted by Gasteiger charge is 2.40. The SMILES string of the molecule is Cn1ccc2c(c1=O)C1=C3C(=CN(C(=O)O)C3CCN1)C=C2CS(C)(=O)=O. The average Bonchev–Trinajstić information content (AvgIpc) is 2.88. The van der Waals surface area contributed by atoms with Crippen LogP contribution in [0.3, 0.4) is 0 Å². The molecule has 3 aliphatic rings. The van der Waals surface area contributed by atoms with Crippen molar-refractivity contribution < 1.29 is 18.3 Å². The van der Waals surface area contributed by atoms with Crippen LogP contribution in [0.1, 0.15) is 17.5 Å². The molecule has 142 valence electrons. The van der Waals surface area contributed by atoms with E-state index in [4.69, 9.17) is 0 Å². The summed E-state index contributed by atoms with van der Waals surface area (Å²) in [5.74, 6) is -0.233. The molecule has 0 spiro atoms. The molecule has 3 heterocycles. The summed E-state index contributed by atoms with van der Waals surface area (Å²) < 4.78 is 25.4. The van der Waals surface area contributed by atoms with Crippen LogP contribution in [0, 0.1) is 0 Å². The lowest BCUT2D eigenvalue weighted by Crippen LogP contribution is -2.40. The van der Waals surface area contributed by atoms with Gasteiger partial charge in [-0.2, -0.15) is 0 Å². The first kappa shape index (κ1) is 17.6. The van der Waals surface area contributed by atoms with Crippen LogP contribution >= 0.6 is 0 Å². The molecule has 0 fully saturated rings. The second-order valence-electron chi connectivity index (χ2n) is 7.05. The van der Waals surface area contributed by atoms with Gasteiger partial charge in [0.1, 0.15) is 0 Å². The highest BCUT2D eigenvalue weighted by atomic mass is 32.2. The van der Waals surface area contributed by atoms with Gasteiger partial charge in [0.25, 0.3) is 5.56 Å². The third-order valence-electron chi connectivity index (χ3n) is 5.08. The number of hydrogen-bond acceptors (Lipinski definition) is 5. The van der Waals surface area contributed by atoms with Gasteiger partial charge in [0.2, 0.25) is 0 Å². The quantitative estimate of drug-likeness (QED) is 0.774. The standard InChI is InChI=1S/C18H19N3O5S/c1-20-6-4-12-11(9-27(2,25)26)7-10-8-21(18(23)24)13-3-5-19-16(14(10)13)15(12)17(20)22/h4,6-8,13,19H,3,5,9H2,1-2H3,(H,23,24). The highest BCUT2D eigenvalue weighted by Crippen LogP contribution is 2.42. The molecular weight excluding hydrogens is 370 g/mol. The topological polar surface area (TPSA) is 109 Å². The monoisotopic (exact) mass is 389 g/mol. The first-order chi connectivity index (χ1) is 12.7. The molecule has 2 aliphatic heterocycles. The zero-order valence-corrected chi connectivity index (χ0v) is 15.7. The van der Waals surface area contributed by atoms with Crippen LogP contribution in [0.5, 0.6) is 0 Å². The lowest BCUT2D eigenvalue weighted by molar-refractivity contribution is 0.154. The molecular formula is C18H19N3O5S. The van der Waals surface area contributed by atoms with E-state index in [-0.39, 0.29) is 17.4 Å². The van der Waals surface area contributed by atoms with Crippen molar-refractivity contribution in [3.8, 4) is 0 Å². The predicted octanol–water partition coefficient (Wildman–Crippen LogP) is 0.777. The van der Waals surface area contributed by atoms with E-state index in [1.54, 1.807) is 25.4 Å². The third-order valence-corrected chi connectivity index (χ3v) is 5.92. The molecule has 8 nitrogen and oxygen atoms in total. The summed E-state index contributed by atoms with van der Waals surface area (Å²) >= 11 is 0. The molecule has 4 rings (SSSR count). The summed E-state index contributed by atoms with van der Waals surface area (Å²) in [6.45, 7) is 0.521. The van der Waals surface area contributed by atoms with Crippen molar-refractivity contribution in [2.45, 2.75) is 12.5 Å². The highest BCUT2D eigenvalue weighted by molar-refractivity contribution is 7.91.